The van der Waals surface area contributed by atoms with Crippen molar-refractivity contribution >= 4 is 0 Å². The van der Waals surface area contributed by atoms with Gasteiger partial charge in [-0.25, -0.2) is 9.37 Å². The van der Waals surface area contributed by atoms with Gasteiger partial charge in [0.1, 0.15) is 5.82 Å². The lowest BCUT2D eigenvalue weighted by Crippen LogP contribution is -1.96. The van der Waals surface area contributed by atoms with E-state index in [9.17, 15) is 4.39 Å². The molecule has 2 aromatic rings. The highest BCUT2D eigenvalue weighted by Gasteiger charge is 2.08. The van der Waals surface area contributed by atoms with Crippen molar-refractivity contribution in [2.75, 3.05) is 6.61 Å². The predicted octanol–water partition coefficient (Wildman–Crippen LogP) is 3.59. The van der Waals surface area contributed by atoms with E-state index in [0.29, 0.717) is 18.1 Å². The molecule has 17 heavy (non-hydrogen) atoms. The number of benzene rings is 1. The second-order valence-electron chi connectivity index (χ2n) is 3.75. The lowest BCUT2D eigenvalue weighted by Gasteiger charge is -2.09. The molecule has 0 amide bonds. The van der Waals surface area contributed by atoms with Gasteiger partial charge >= 0.3 is 0 Å². The summed E-state index contributed by atoms with van der Waals surface area (Å²) in [6, 6.07) is 8.77. The van der Waals surface area contributed by atoms with Crippen molar-refractivity contribution in [3.63, 3.8) is 0 Å². The molecule has 2 rings (SSSR count). The number of hydrogen-bond donors (Lipinski definition) is 0. The van der Waals surface area contributed by atoms with Crippen LogP contribution in [-0.2, 0) is 0 Å². The van der Waals surface area contributed by atoms with Gasteiger partial charge in [0.25, 0.3) is 0 Å². The quantitative estimate of drug-likeness (QED) is 0.805. The minimum absolute atomic E-state index is 0.199. The van der Waals surface area contributed by atoms with E-state index < -0.39 is 0 Å². The van der Waals surface area contributed by atoms with E-state index in [1.807, 2.05) is 19.1 Å². The number of pyridine rings is 1. The number of rotatable bonds is 3. The molecule has 0 saturated carbocycles. The third-order valence-corrected chi connectivity index (χ3v) is 2.52. The summed E-state index contributed by atoms with van der Waals surface area (Å²) in [5.41, 5.74) is 2.42. The van der Waals surface area contributed by atoms with Gasteiger partial charge in [-0.05, 0) is 49.2 Å². The van der Waals surface area contributed by atoms with Gasteiger partial charge in [0.15, 0.2) is 0 Å². The zero-order valence-electron chi connectivity index (χ0n) is 9.90. The van der Waals surface area contributed by atoms with Crippen LogP contribution in [0.2, 0.25) is 0 Å². The molecule has 1 aromatic heterocycles. The smallest absolute Gasteiger partial charge is 0.221 e. The van der Waals surface area contributed by atoms with Crippen molar-refractivity contribution in [2.24, 2.45) is 0 Å². The molecule has 0 N–H and O–H groups in total. The Kier molecular flexibility index (Phi) is 3.38. The topological polar surface area (TPSA) is 22.1 Å². The maximum atomic E-state index is 13.2. The Morgan fingerprint density at radius 3 is 2.82 bits per heavy atom. The first-order valence-electron chi connectivity index (χ1n) is 5.56. The summed E-state index contributed by atoms with van der Waals surface area (Å²) >= 11 is 0. The van der Waals surface area contributed by atoms with Crippen LogP contribution in [0, 0.1) is 12.7 Å². The number of aromatic nitrogens is 1. The monoisotopic (exact) mass is 231 g/mol. The molecule has 1 aromatic carbocycles. The van der Waals surface area contributed by atoms with E-state index in [2.05, 4.69) is 4.98 Å². The Labute approximate surface area is 100 Å². The number of aryl methyl sites for hydroxylation is 1. The second-order valence-corrected chi connectivity index (χ2v) is 3.75. The molecular weight excluding hydrogens is 217 g/mol. The number of halogens is 1. The van der Waals surface area contributed by atoms with Gasteiger partial charge in [0.2, 0.25) is 5.88 Å². The summed E-state index contributed by atoms with van der Waals surface area (Å²) in [5.74, 6) is 0.386. The fourth-order valence-corrected chi connectivity index (χ4v) is 1.67. The normalized spacial score (nSPS) is 10.3. The molecule has 0 radical (unpaired) electrons. The molecule has 0 fully saturated rings. The molecule has 0 aliphatic heterocycles. The molecule has 0 aliphatic carbocycles. The molecular formula is C14H14FNO. The van der Waals surface area contributed by atoms with Crippen molar-refractivity contribution in [3.8, 4) is 17.0 Å². The highest BCUT2D eigenvalue weighted by atomic mass is 19.1. The number of hydrogen-bond acceptors (Lipinski definition) is 2. The van der Waals surface area contributed by atoms with Gasteiger partial charge in [-0.15, -0.1) is 0 Å². The van der Waals surface area contributed by atoms with Crippen LogP contribution in [0.4, 0.5) is 4.39 Å². The standard InChI is InChI=1S/C14H14FNO/c1-3-17-14-12(5-4-8-16-14)11-6-7-13(15)10(2)9-11/h4-9H,3H2,1-2H3. The van der Waals surface area contributed by atoms with Crippen molar-refractivity contribution in [1.82, 2.24) is 4.98 Å². The lowest BCUT2D eigenvalue weighted by atomic mass is 10.0. The van der Waals surface area contributed by atoms with Crippen molar-refractivity contribution in [1.29, 1.82) is 0 Å². The summed E-state index contributed by atoms with van der Waals surface area (Å²) in [4.78, 5) is 4.18. The molecule has 0 aliphatic rings. The average molecular weight is 231 g/mol. The van der Waals surface area contributed by atoms with E-state index in [1.54, 1.807) is 25.3 Å². The maximum absolute atomic E-state index is 13.2. The van der Waals surface area contributed by atoms with Crippen LogP contribution in [0.1, 0.15) is 12.5 Å². The minimum atomic E-state index is -0.199. The fraction of sp³-hybridized carbons (Fsp3) is 0.214. The Morgan fingerprint density at radius 1 is 1.29 bits per heavy atom. The first-order chi connectivity index (χ1) is 8.22. The Morgan fingerprint density at radius 2 is 2.12 bits per heavy atom. The molecule has 2 nitrogen and oxygen atoms in total. The van der Waals surface area contributed by atoms with Crippen LogP contribution in [0.5, 0.6) is 5.88 Å². The van der Waals surface area contributed by atoms with Gasteiger partial charge in [-0.1, -0.05) is 6.07 Å². The average Bonchev–Trinajstić information content (AvgIpc) is 2.34. The first kappa shape index (κ1) is 11.6. The first-order valence-corrected chi connectivity index (χ1v) is 5.56. The summed E-state index contributed by atoms with van der Waals surface area (Å²) < 4.78 is 18.7. The van der Waals surface area contributed by atoms with Gasteiger partial charge in [0.05, 0.1) is 6.61 Å². The van der Waals surface area contributed by atoms with E-state index >= 15 is 0 Å². The van der Waals surface area contributed by atoms with Gasteiger partial charge in [-0.2, -0.15) is 0 Å². The zero-order valence-corrected chi connectivity index (χ0v) is 9.90. The Bertz CT molecular complexity index is 525. The highest BCUT2D eigenvalue weighted by molar-refractivity contribution is 5.69. The molecule has 0 saturated heterocycles. The van der Waals surface area contributed by atoms with Crippen LogP contribution in [0.25, 0.3) is 11.1 Å². The maximum Gasteiger partial charge on any atom is 0.221 e. The summed E-state index contributed by atoms with van der Waals surface area (Å²) in [7, 11) is 0. The fourth-order valence-electron chi connectivity index (χ4n) is 1.67. The van der Waals surface area contributed by atoms with Crippen LogP contribution in [0.15, 0.2) is 36.5 Å². The Balaban J connectivity index is 2.48. The van der Waals surface area contributed by atoms with Crippen molar-refractivity contribution in [3.05, 3.63) is 47.9 Å². The van der Waals surface area contributed by atoms with E-state index in [4.69, 9.17) is 4.74 Å². The number of ether oxygens (including phenoxy) is 1. The molecule has 0 unspecified atom stereocenters. The van der Waals surface area contributed by atoms with Gasteiger partial charge in [-0.3, -0.25) is 0 Å². The molecule has 0 bridgehead atoms. The van der Waals surface area contributed by atoms with Crippen LogP contribution >= 0.6 is 0 Å². The van der Waals surface area contributed by atoms with Gasteiger partial charge < -0.3 is 4.74 Å². The number of nitrogens with zero attached hydrogens (tertiary/aromatic N) is 1. The minimum Gasteiger partial charge on any atom is -0.478 e. The zero-order chi connectivity index (χ0) is 12.3. The summed E-state index contributed by atoms with van der Waals surface area (Å²) in [6.07, 6.45) is 1.69. The van der Waals surface area contributed by atoms with Crippen LogP contribution in [0.3, 0.4) is 0 Å². The van der Waals surface area contributed by atoms with E-state index in [-0.39, 0.29) is 5.82 Å². The predicted molar refractivity (Wildman–Crippen MR) is 65.5 cm³/mol. The molecule has 3 heteroatoms. The van der Waals surface area contributed by atoms with Gasteiger partial charge in [0, 0.05) is 11.8 Å². The SMILES string of the molecule is CCOc1ncccc1-c1ccc(F)c(C)c1. The largest absolute Gasteiger partial charge is 0.478 e. The van der Waals surface area contributed by atoms with Crippen LogP contribution in [-0.4, -0.2) is 11.6 Å². The molecule has 1 heterocycles. The third-order valence-electron chi connectivity index (χ3n) is 2.52. The van der Waals surface area contributed by atoms with E-state index in [1.165, 1.54) is 6.07 Å². The molecule has 0 atom stereocenters. The molecule has 0 spiro atoms. The summed E-state index contributed by atoms with van der Waals surface area (Å²) in [5, 5.41) is 0. The van der Waals surface area contributed by atoms with Crippen LogP contribution < -0.4 is 4.74 Å². The lowest BCUT2D eigenvalue weighted by molar-refractivity contribution is 0.328. The van der Waals surface area contributed by atoms with E-state index in [0.717, 1.165) is 11.1 Å². The van der Waals surface area contributed by atoms with Crippen molar-refractivity contribution < 1.29 is 9.13 Å². The summed E-state index contributed by atoms with van der Waals surface area (Å²) in [6.45, 7) is 4.22. The van der Waals surface area contributed by atoms with Crippen molar-refractivity contribution in [2.45, 2.75) is 13.8 Å². The Hall–Kier alpha value is -1.90. The highest BCUT2D eigenvalue weighted by Crippen LogP contribution is 2.28. The second kappa shape index (κ2) is 4.95. The third kappa shape index (κ3) is 2.44. The molecule has 88 valence electrons.